The highest BCUT2D eigenvalue weighted by Gasteiger charge is 2.25. The fraction of sp³-hybridized carbons (Fsp3) is 0.750. The highest BCUT2D eigenvalue weighted by Crippen LogP contribution is 2.18. The predicted molar refractivity (Wildman–Crippen MR) is 50.5 cm³/mol. The summed E-state index contributed by atoms with van der Waals surface area (Å²) < 4.78 is 1.73. The molecule has 0 spiro atoms. The molecule has 0 bridgehead atoms. The molecule has 72 valence electrons. The van der Waals surface area contributed by atoms with Gasteiger partial charge >= 0.3 is 0 Å². The molecule has 0 saturated carbocycles. The minimum Gasteiger partial charge on any atom is -0.297 e. The Morgan fingerprint density at radius 2 is 2.38 bits per heavy atom. The molecule has 0 aromatic carbocycles. The SMILES string of the molecule is Cn1cc(CN2CC(CCl)C2)nn1. The van der Waals surface area contributed by atoms with Gasteiger partial charge in [0.15, 0.2) is 0 Å². The van der Waals surface area contributed by atoms with E-state index in [9.17, 15) is 0 Å². The van der Waals surface area contributed by atoms with Crippen molar-refractivity contribution in [2.24, 2.45) is 13.0 Å². The average Bonchev–Trinajstić information content (AvgIpc) is 2.43. The highest BCUT2D eigenvalue weighted by atomic mass is 35.5. The predicted octanol–water partition coefficient (Wildman–Crippen LogP) is 0.486. The summed E-state index contributed by atoms with van der Waals surface area (Å²) in [6, 6.07) is 0. The van der Waals surface area contributed by atoms with Gasteiger partial charge in [-0.05, 0) is 5.92 Å². The van der Waals surface area contributed by atoms with E-state index in [4.69, 9.17) is 11.6 Å². The average molecular weight is 201 g/mol. The van der Waals surface area contributed by atoms with Crippen LogP contribution in [0.3, 0.4) is 0 Å². The van der Waals surface area contributed by atoms with Gasteiger partial charge in [-0.3, -0.25) is 9.58 Å². The van der Waals surface area contributed by atoms with Gasteiger partial charge in [-0.1, -0.05) is 5.21 Å². The minimum atomic E-state index is 0.679. The lowest BCUT2D eigenvalue weighted by molar-refractivity contribution is 0.105. The molecular weight excluding hydrogens is 188 g/mol. The van der Waals surface area contributed by atoms with Crippen LogP contribution in [0.25, 0.3) is 0 Å². The van der Waals surface area contributed by atoms with Crippen LogP contribution in [0.2, 0.25) is 0 Å². The summed E-state index contributed by atoms with van der Waals surface area (Å²) >= 11 is 5.72. The van der Waals surface area contributed by atoms with Crippen molar-refractivity contribution < 1.29 is 0 Å². The molecule has 1 aromatic rings. The smallest absolute Gasteiger partial charge is 0.0967 e. The van der Waals surface area contributed by atoms with Gasteiger partial charge in [0.1, 0.15) is 0 Å². The van der Waals surface area contributed by atoms with Crippen LogP contribution in [-0.2, 0) is 13.6 Å². The quantitative estimate of drug-likeness (QED) is 0.666. The number of hydrogen-bond donors (Lipinski definition) is 0. The Balaban J connectivity index is 1.81. The first-order valence-electron chi connectivity index (χ1n) is 4.41. The van der Waals surface area contributed by atoms with E-state index in [0.29, 0.717) is 5.92 Å². The van der Waals surface area contributed by atoms with Crippen molar-refractivity contribution in [3.8, 4) is 0 Å². The van der Waals surface area contributed by atoms with Crippen LogP contribution >= 0.6 is 11.6 Å². The number of hydrogen-bond acceptors (Lipinski definition) is 3. The van der Waals surface area contributed by atoms with Crippen molar-refractivity contribution in [2.75, 3.05) is 19.0 Å². The number of rotatable bonds is 3. The number of aryl methyl sites for hydroxylation is 1. The first kappa shape index (κ1) is 8.97. The fourth-order valence-corrected chi connectivity index (χ4v) is 1.80. The van der Waals surface area contributed by atoms with E-state index in [0.717, 1.165) is 31.2 Å². The first-order chi connectivity index (χ1) is 6.28. The largest absolute Gasteiger partial charge is 0.297 e. The zero-order valence-electron chi connectivity index (χ0n) is 7.65. The Hall–Kier alpha value is -0.610. The summed E-state index contributed by atoms with van der Waals surface area (Å²) in [5, 5.41) is 7.91. The van der Waals surface area contributed by atoms with Crippen molar-refractivity contribution in [1.29, 1.82) is 0 Å². The van der Waals surface area contributed by atoms with Crippen LogP contribution in [0.15, 0.2) is 6.20 Å². The molecule has 4 nitrogen and oxygen atoms in total. The zero-order chi connectivity index (χ0) is 9.26. The van der Waals surface area contributed by atoms with Gasteiger partial charge in [-0.2, -0.15) is 0 Å². The summed E-state index contributed by atoms with van der Waals surface area (Å²) in [6.45, 7) is 3.10. The normalized spacial score (nSPS) is 18.9. The molecule has 0 atom stereocenters. The molecule has 2 heterocycles. The second-order valence-electron chi connectivity index (χ2n) is 3.60. The van der Waals surface area contributed by atoms with Crippen molar-refractivity contribution >= 4 is 11.6 Å². The lowest BCUT2D eigenvalue weighted by atomic mass is 10.0. The number of nitrogens with zero attached hydrogens (tertiary/aromatic N) is 4. The van der Waals surface area contributed by atoms with Crippen molar-refractivity contribution in [3.05, 3.63) is 11.9 Å². The lowest BCUT2D eigenvalue weighted by Crippen LogP contribution is -2.46. The number of likely N-dealkylation sites (tertiary alicyclic amines) is 1. The maximum absolute atomic E-state index is 5.72. The summed E-state index contributed by atoms with van der Waals surface area (Å²) in [6.07, 6.45) is 1.95. The Morgan fingerprint density at radius 3 is 2.92 bits per heavy atom. The second-order valence-corrected chi connectivity index (χ2v) is 3.91. The molecule has 13 heavy (non-hydrogen) atoms. The van der Waals surface area contributed by atoms with Crippen LogP contribution in [-0.4, -0.2) is 38.9 Å². The molecule has 0 amide bonds. The van der Waals surface area contributed by atoms with Crippen LogP contribution < -0.4 is 0 Å². The summed E-state index contributed by atoms with van der Waals surface area (Å²) in [5.74, 6) is 1.45. The molecule has 0 unspecified atom stereocenters. The monoisotopic (exact) mass is 200 g/mol. The topological polar surface area (TPSA) is 34.0 Å². The molecule has 1 aliphatic heterocycles. The molecular formula is C8H13ClN4. The third-order valence-corrected chi connectivity index (χ3v) is 2.72. The van der Waals surface area contributed by atoms with Crippen LogP contribution in [0.5, 0.6) is 0 Å². The third kappa shape index (κ3) is 2.00. The number of halogens is 1. The fourth-order valence-electron chi connectivity index (χ4n) is 1.60. The van der Waals surface area contributed by atoms with E-state index in [2.05, 4.69) is 15.2 Å². The Kier molecular flexibility index (Phi) is 2.51. The number of alkyl halides is 1. The molecule has 1 saturated heterocycles. The summed E-state index contributed by atoms with van der Waals surface area (Å²) in [7, 11) is 1.88. The van der Waals surface area contributed by atoms with Gasteiger partial charge in [-0.15, -0.1) is 16.7 Å². The van der Waals surface area contributed by atoms with Crippen molar-refractivity contribution in [1.82, 2.24) is 19.9 Å². The molecule has 1 aromatic heterocycles. The van der Waals surface area contributed by atoms with E-state index in [1.807, 2.05) is 13.2 Å². The molecule has 5 heteroatoms. The van der Waals surface area contributed by atoms with E-state index in [1.54, 1.807) is 4.68 Å². The van der Waals surface area contributed by atoms with E-state index in [-0.39, 0.29) is 0 Å². The van der Waals surface area contributed by atoms with Gasteiger partial charge in [-0.25, -0.2) is 0 Å². The molecule has 1 fully saturated rings. The van der Waals surface area contributed by atoms with Crippen LogP contribution in [0, 0.1) is 5.92 Å². The Bertz CT molecular complexity index is 279. The maximum Gasteiger partial charge on any atom is 0.0967 e. The second kappa shape index (κ2) is 3.64. The molecule has 0 radical (unpaired) electrons. The van der Waals surface area contributed by atoms with E-state index >= 15 is 0 Å². The molecule has 0 N–H and O–H groups in total. The minimum absolute atomic E-state index is 0.679. The van der Waals surface area contributed by atoms with Gasteiger partial charge < -0.3 is 0 Å². The van der Waals surface area contributed by atoms with Gasteiger partial charge in [0, 0.05) is 38.8 Å². The van der Waals surface area contributed by atoms with Gasteiger partial charge in [0.25, 0.3) is 0 Å². The van der Waals surface area contributed by atoms with Crippen LogP contribution in [0.1, 0.15) is 5.69 Å². The Labute approximate surface area is 82.5 Å². The molecule has 0 aliphatic carbocycles. The van der Waals surface area contributed by atoms with E-state index < -0.39 is 0 Å². The zero-order valence-corrected chi connectivity index (χ0v) is 8.41. The van der Waals surface area contributed by atoms with E-state index in [1.165, 1.54) is 0 Å². The van der Waals surface area contributed by atoms with Gasteiger partial charge in [0.05, 0.1) is 5.69 Å². The molecule has 2 rings (SSSR count). The first-order valence-corrected chi connectivity index (χ1v) is 4.95. The standard InChI is InChI=1S/C8H13ClN4/c1-12-5-8(10-11-12)6-13-3-7(2-9)4-13/h5,7H,2-4,6H2,1H3. The van der Waals surface area contributed by atoms with Crippen molar-refractivity contribution in [2.45, 2.75) is 6.54 Å². The third-order valence-electron chi connectivity index (χ3n) is 2.29. The lowest BCUT2D eigenvalue weighted by Gasteiger charge is -2.37. The molecule has 1 aliphatic rings. The Morgan fingerprint density at radius 1 is 1.62 bits per heavy atom. The number of aromatic nitrogens is 3. The van der Waals surface area contributed by atoms with Crippen LogP contribution in [0.4, 0.5) is 0 Å². The highest BCUT2D eigenvalue weighted by molar-refractivity contribution is 6.18. The summed E-state index contributed by atoms with van der Waals surface area (Å²) in [5.41, 5.74) is 1.04. The van der Waals surface area contributed by atoms with Crippen molar-refractivity contribution in [3.63, 3.8) is 0 Å². The maximum atomic E-state index is 5.72. The van der Waals surface area contributed by atoms with Gasteiger partial charge in [0.2, 0.25) is 0 Å². The summed E-state index contributed by atoms with van der Waals surface area (Å²) in [4.78, 5) is 2.33.